The molecule has 0 radical (unpaired) electrons. The molecule has 0 aliphatic heterocycles. The molecule has 3 heterocycles. The summed E-state index contributed by atoms with van der Waals surface area (Å²) in [5, 5.41) is 7.54. The molecule has 3 aliphatic rings. The van der Waals surface area contributed by atoms with E-state index in [1.807, 2.05) is 18.2 Å². The van der Waals surface area contributed by atoms with Crippen LogP contribution in [0.1, 0.15) is 69.8 Å². The van der Waals surface area contributed by atoms with Crippen LogP contribution in [0.2, 0.25) is 0 Å². The monoisotopic (exact) mass is 1350 g/mol. The summed E-state index contributed by atoms with van der Waals surface area (Å²) >= 11 is 0. The molecule has 0 saturated carbocycles. The predicted octanol–water partition coefficient (Wildman–Crippen LogP) is 26.4. The molecule has 16 aromatic carbocycles. The maximum Gasteiger partial charge on any atom is 0.187 e. The number of nitrogens with zero attached hydrogens (tertiary/aromatic N) is 4. The summed E-state index contributed by atoms with van der Waals surface area (Å²) in [6.45, 7) is 12.3. The minimum Gasteiger partial charge on any atom is -0.309 e. The lowest BCUT2D eigenvalue weighted by Gasteiger charge is -2.33. The second kappa shape index (κ2) is 23.7. The Hall–Kier alpha value is -13.6. The standard InChI is InChI=1S/C55H36N2.C47H32N2/c1-4-16-39(17-5-1)55(40-18-6-2-7-19-40)49-25-13-10-22-43(49)46-36-42(30-31-50(46)55)57-52-27-15-12-24-45(52)48-35-38(29-33-54(48)57)37-28-32-53-47(34-37)44-23-11-14-26-51(44)56(53)41-20-8-3-9-21-41;1-47(2)41-19-8-6-15-34(41)38-18-11-21-44(46(38)47)49-42-20-9-7-16-35(42)40-28-30(23-25-43(40)49)29-22-24-37-39(27-29)33-14-4-5-17-36(33)45(37)31-12-10-13-32(26-31)48-3/h1-36H;4-28,45H,1-2H3. The van der Waals surface area contributed by atoms with E-state index < -0.39 is 5.41 Å². The average Bonchev–Trinajstić information content (AvgIpc) is 1.59. The van der Waals surface area contributed by atoms with Gasteiger partial charge in [0.15, 0.2) is 5.69 Å². The summed E-state index contributed by atoms with van der Waals surface area (Å²) in [5.74, 6) is 0.116. The minimum absolute atomic E-state index is 0.115. The van der Waals surface area contributed by atoms with Crippen molar-refractivity contribution in [3.63, 3.8) is 0 Å². The lowest BCUT2D eigenvalue weighted by Crippen LogP contribution is -2.28. The number of benzene rings is 16. The van der Waals surface area contributed by atoms with E-state index in [1.54, 1.807) is 0 Å². The van der Waals surface area contributed by atoms with Crippen LogP contribution in [0.4, 0.5) is 5.69 Å². The average molecular weight is 1350 g/mol. The van der Waals surface area contributed by atoms with Crippen molar-refractivity contribution in [3.8, 4) is 72.7 Å². The molecule has 0 amide bonds. The second-order valence-corrected chi connectivity index (χ2v) is 29.2. The maximum absolute atomic E-state index is 7.58. The van der Waals surface area contributed by atoms with E-state index in [0.717, 1.165) is 5.69 Å². The molecule has 496 valence electrons. The summed E-state index contributed by atoms with van der Waals surface area (Å²) in [4.78, 5) is 3.72. The van der Waals surface area contributed by atoms with Crippen LogP contribution in [0.15, 0.2) is 370 Å². The first kappa shape index (κ1) is 61.1. The normalized spacial score (nSPS) is 14.0. The summed E-state index contributed by atoms with van der Waals surface area (Å²) in [6.07, 6.45) is 0. The molecule has 0 bridgehead atoms. The largest absolute Gasteiger partial charge is 0.309 e. The van der Waals surface area contributed by atoms with Gasteiger partial charge in [-0.3, -0.25) is 0 Å². The van der Waals surface area contributed by atoms with Crippen LogP contribution >= 0.6 is 0 Å². The molecule has 0 N–H and O–H groups in total. The summed E-state index contributed by atoms with van der Waals surface area (Å²) in [5.41, 5.74) is 35.4. The fourth-order valence-corrected chi connectivity index (χ4v) is 18.9. The fraction of sp³-hybridized carbons (Fsp3) is 0.0490. The summed E-state index contributed by atoms with van der Waals surface area (Å²) in [7, 11) is 0. The summed E-state index contributed by atoms with van der Waals surface area (Å²) < 4.78 is 7.32. The van der Waals surface area contributed by atoms with Crippen molar-refractivity contribution in [1.29, 1.82) is 0 Å². The van der Waals surface area contributed by atoms with Gasteiger partial charge in [-0.1, -0.05) is 293 Å². The van der Waals surface area contributed by atoms with Gasteiger partial charge in [0, 0.05) is 55.0 Å². The van der Waals surface area contributed by atoms with E-state index in [1.165, 1.54) is 182 Å². The predicted molar refractivity (Wildman–Crippen MR) is 441 cm³/mol. The van der Waals surface area contributed by atoms with Gasteiger partial charge in [0.2, 0.25) is 0 Å². The van der Waals surface area contributed by atoms with E-state index >= 15 is 0 Å². The van der Waals surface area contributed by atoms with Gasteiger partial charge in [0.05, 0.1) is 50.8 Å². The van der Waals surface area contributed by atoms with Crippen molar-refractivity contribution in [2.24, 2.45) is 0 Å². The van der Waals surface area contributed by atoms with Crippen LogP contribution in [-0.2, 0) is 10.8 Å². The number of hydrogen-bond acceptors (Lipinski definition) is 0. The minimum atomic E-state index is -0.419. The van der Waals surface area contributed by atoms with Gasteiger partial charge in [-0.2, -0.15) is 0 Å². The highest BCUT2D eigenvalue weighted by Crippen LogP contribution is 2.58. The van der Waals surface area contributed by atoms with Crippen molar-refractivity contribution in [3.05, 3.63) is 432 Å². The Morgan fingerprint density at radius 1 is 0.283 bits per heavy atom. The highest BCUT2D eigenvalue weighted by molar-refractivity contribution is 6.14. The topological polar surface area (TPSA) is 19.1 Å². The lowest BCUT2D eigenvalue weighted by molar-refractivity contribution is 0.656. The van der Waals surface area contributed by atoms with E-state index in [0.29, 0.717) is 5.69 Å². The van der Waals surface area contributed by atoms with Crippen molar-refractivity contribution in [1.82, 2.24) is 13.7 Å². The first-order valence-corrected chi connectivity index (χ1v) is 36.8. The molecule has 1 atom stereocenters. The van der Waals surface area contributed by atoms with Gasteiger partial charge in [0.25, 0.3) is 0 Å². The number of rotatable bonds is 8. The SMILES string of the molecule is [C-]#[N+]c1cccc(C2c3ccccc3-c3cc(-c4ccc5c(c4)c4ccccc4n5-c4cccc5c4C(C)(C)c4ccccc4-5)ccc32)c1.c1ccc(-n2c3ccccc3c3cc(-c4ccc5c(c4)c4ccccc4n5-c4ccc5c(c4)-c4ccccc4C5(c4ccccc4)c4ccccc4)ccc32)cc1. The Labute approximate surface area is 615 Å². The van der Waals surface area contributed by atoms with Crippen molar-refractivity contribution < 1.29 is 0 Å². The highest BCUT2D eigenvalue weighted by Gasteiger charge is 2.46. The quantitative estimate of drug-likeness (QED) is 0.135. The fourth-order valence-electron chi connectivity index (χ4n) is 18.9. The smallest absolute Gasteiger partial charge is 0.187 e. The van der Waals surface area contributed by atoms with Crippen LogP contribution in [0.3, 0.4) is 0 Å². The number of aromatic nitrogens is 3. The number of para-hydroxylation sites is 4. The zero-order valence-corrected chi connectivity index (χ0v) is 58.6. The Bertz CT molecular complexity index is 6830. The van der Waals surface area contributed by atoms with Crippen molar-refractivity contribution in [2.45, 2.75) is 30.6 Å². The van der Waals surface area contributed by atoms with Crippen molar-refractivity contribution in [2.75, 3.05) is 0 Å². The Balaban J connectivity index is 0.000000138. The van der Waals surface area contributed by atoms with E-state index in [2.05, 4.69) is 384 Å². The van der Waals surface area contributed by atoms with Crippen molar-refractivity contribution >= 4 is 71.1 Å². The molecule has 3 aromatic heterocycles. The van der Waals surface area contributed by atoms with Gasteiger partial charge in [-0.15, -0.1) is 0 Å². The lowest BCUT2D eigenvalue weighted by atomic mass is 9.68. The Morgan fingerprint density at radius 2 is 0.726 bits per heavy atom. The highest BCUT2D eigenvalue weighted by atomic mass is 15.0. The van der Waals surface area contributed by atoms with E-state index in [-0.39, 0.29) is 11.3 Å². The first-order valence-electron chi connectivity index (χ1n) is 36.8. The van der Waals surface area contributed by atoms with Gasteiger partial charge in [-0.05, 0) is 197 Å². The van der Waals surface area contributed by atoms with Crippen LogP contribution in [0, 0.1) is 6.57 Å². The zero-order valence-electron chi connectivity index (χ0n) is 58.6. The van der Waals surface area contributed by atoms with Crippen LogP contribution < -0.4 is 0 Å². The molecule has 106 heavy (non-hydrogen) atoms. The molecule has 0 spiro atoms. The van der Waals surface area contributed by atoms with Crippen LogP contribution in [-0.4, -0.2) is 13.7 Å². The molecule has 3 aliphatic carbocycles. The van der Waals surface area contributed by atoms with Gasteiger partial charge < -0.3 is 13.7 Å². The van der Waals surface area contributed by atoms with E-state index in [4.69, 9.17) is 6.57 Å². The molecule has 0 saturated heterocycles. The van der Waals surface area contributed by atoms with E-state index in [9.17, 15) is 0 Å². The number of fused-ring (bicyclic) bond motifs is 18. The number of hydrogen-bond donors (Lipinski definition) is 0. The summed E-state index contributed by atoms with van der Waals surface area (Å²) in [6, 6.07) is 136. The molecule has 0 fully saturated rings. The van der Waals surface area contributed by atoms with Gasteiger partial charge >= 0.3 is 0 Å². The zero-order chi connectivity index (χ0) is 70.4. The Morgan fingerprint density at radius 3 is 1.34 bits per heavy atom. The molecular weight excluding hydrogens is 1280 g/mol. The molecular formula is C102H68N4. The second-order valence-electron chi connectivity index (χ2n) is 29.2. The molecule has 1 unspecified atom stereocenters. The van der Waals surface area contributed by atoms with Gasteiger partial charge in [-0.25, -0.2) is 4.85 Å². The maximum atomic E-state index is 7.58. The van der Waals surface area contributed by atoms with Gasteiger partial charge in [0.1, 0.15) is 0 Å². The molecule has 22 rings (SSSR count). The molecule has 4 heteroatoms. The van der Waals surface area contributed by atoms with Crippen LogP contribution in [0.5, 0.6) is 0 Å². The third-order valence-corrected chi connectivity index (χ3v) is 23.5. The first-order chi connectivity index (χ1) is 52.3. The molecule has 4 nitrogen and oxygen atoms in total. The third kappa shape index (κ3) is 9.00. The molecule has 19 aromatic rings. The third-order valence-electron chi connectivity index (χ3n) is 23.5. The van der Waals surface area contributed by atoms with Crippen LogP contribution in [0.25, 0.3) is 143 Å². The Kier molecular flexibility index (Phi) is 13.7.